The molecule has 1 aliphatic rings. The van der Waals surface area contributed by atoms with Crippen LogP contribution in [0.5, 0.6) is 0 Å². The first-order valence-electron chi connectivity index (χ1n) is 3.52. The van der Waals surface area contributed by atoms with Crippen LogP contribution in [-0.4, -0.2) is 29.5 Å². The van der Waals surface area contributed by atoms with E-state index < -0.39 is 0 Å². The molecule has 0 saturated heterocycles. The van der Waals surface area contributed by atoms with Gasteiger partial charge in [0.1, 0.15) is 0 Å². The molecule has 0 aromatic rings. The smallest absolute Gasteiger partial charge is 0.0509 e. The lowest BCUT2D eigenvalue weighted by atomic mass is 9.67. The monoisotopic (exact) mass is 157 g/mol. The van der Waals surface area contributed by atoms with Crippen molar-refractivity contribution >= 4 is 0 Å². The van der Waals surface area contributed by atoms with Gasteiger partial charge in [0.25, 0.3) is 0 Å². The molecule has 1 aliphatic carbocycles. The first-order chi connectivity index (χ1) is 5.26. The molecular formula is C6H11N3O2. The average Bonchev–Trinajstić information content (AvgIpc) is 1.96. The summed E-state index contributed by atoms with van der Waals surface area (Å²) in [4.78, 5) is 2.65. The highest BCUT2D eigenvalue weighted by molar-refractivity contribution is 4.97. The van der Waals surface area contributed by atoms with Crippen molar-refractivity contribution in [3.63, 3.8) is 0 Å². The Morgan fingerprint density at radius 1 is 1.45 bits per heavy atom. The second-order valence-corrected chi connectivity index (χ2v) is 3.08. The third-order valence-corrected chi connectivity index (χ3v) is 2.22. The Kier molecular flexibility index (Phi) is 2.34. The van der Waals surface area contributed by atoms with Crippen LogP contribution in [0, 0.1) is 5.41 Å². The lowest BCUT2D eigenvalue weighted by Crippen LogP contribution is -2.45. The van der Waals surface area contributed by atoms with E-state index in [-0.39, 0.29) is 24.7 Å². The molecule has 0 aromatic heterocycles. The molecule has 11 heavy (non-hydrogen) atoms. The molecule has 5 nitrogen and oxygen atoms in total. The van der Waals surface area contributed by atoms with E-state index in [4.69, 9.17) is 15.7 Å². The van der Waals surface area contributed by atoms with Gasteiger partial charge in [-0.1, -0.05) is 5.11 Å². The Bertz CT molecular complexity index is 176. The van der Waals surface area contributed by atoms with Crippen LogP contribution in [0.25, 0.3) is 10.4 Å². The number of hydrogen-bond donors (Lipinski definition) is 2. The topological polar surface area (TPSA) is 89.2 Å². The zero-order valence-electron chi connectivity index (χ0n) is 6.14. The van der Waals surface area contributed by atoms with E-state index in [0.717, 1.165) is 0 Å². The fourth-order valence-corrected chi connectivity index (χ4v) is 1.40. The fraction of sp³-hybridized carbons (Fsp3) is 1.00. The lowest BCUT2D eigenvalue weighted by molar-refractivity contribution is -0.0219. The first-order valence-corrected chi connectivity index (χ1v) is 3.52. The highest BCUT2D eigenvalue weighted by Gasteiger charge is 2.42. The van der Waals surface area contributed by atoms with E-state index in [9.17, 15) is 0 Å². The molecule has 1 saturated carbocycles. The lowest BCUT2D eigenvalue weighted by Gasteiger charge is -2.43. The molecule has 0 spiro atoms. The SMILES string of the molecule is [N-]=[N+]=NC1CC(CO)(CO)C1. The predicted octanol–water partition coefficient (Wildman–Crippen LogP) is 0.430. The van der Waals surface area contributed by atoms with Gasteiger partial charge in [-0.3, -0.25) is 0 Å². The summed E-state index contributed by atoms with van der Waals surface area (Å²) in [6.07, 6.45) is 1.20. The molecule has 62 valence electrons. The summed E-state index contributed by atoms with van der Waals surface area (Å²) >= 11 is 0. The molecule has 0 bridgehead atoms. The molecule has 0 radical (unpaired) electrons. The summed E-state index contributed by atoms with van der Waals surface area (Å²) in [5.74, 6) is 0. The minimum absolute atomic E-state index is 0.0268. The predicted molar refractivity (Wildman–Crippen MR) is 38.8 cm³/mol. The van der Waals surface area contributed by atoms with E-state index in [1.165, 1.54) is 0 Å². The third kappa shape index (κ3) is 1.45. The largest absolute Gasteiger partial charge is 0.396 e. The fourth-order valence-electron chi connectivity index (χ4n) is 1.40. The van der Waals surface area contributed by atoms with E-state index in [1.807, 2.05) is 0 Å². The van der Waals surface area contributed by atoms with Gasteiger partial charge in [0.2, 0.25) is 0 Å². The van der Waals surface area contributed by atoms with Gasteiger partial charge < -0.3 is 10.2 Å². The summed E-state index contributed by atoms with van der Waals surface area (Å²) in [7, 11) is 0. The summed E-state index contributed by atoms with van der Waals surface area (Å²) in [5, 5.41) is 21.1. The molecular weight excluding hydrogens is 146 g/mol. The van der Waals surface area contributed by atoms with Crippen LogP contribution in [0.4, 0.5) is 0 Å². The van der Waals surface area contributed by atoms with Gasteiger partial charge in [0.15, 0.2) is 0 Å². The van der Waals surface area contributed by atoms with E-state index in [0.29, 0.717) is 12.8 Å². The Hall–Kier alpha value is -0.770. The van der Waals surface area contributed by atoms with Crippen LogP contribution >= 0.6 is 0 Å². The molecule has 0 heterocycles. The van der Waals surface area contributed by atoms with E-state index in [1.54, 1.807) is 0 Å². The van der Waals surface area contributed by atoms with E-state index >= 15 is 0 Å². The van der Waals surface area contributed by atoms with Crippen molar-refractivity contribution in [2.24, 2.45) is 10.5 Å². The number of nitrogens with zero attached hydrogens (tertiary/aromatic N) is 3. The Balaban J connectivity index is 2.41. The first kappa shape index (κ1) is 8.33. The highest BCUT2D eigenvalue weighted by Crippen LogP contribution is 2.41. The van der Waals surface area contributed by atoms with Crippen LogP contribution in [0.2, 0.25) is 0 Å². The van der Waals surface area contributed by atoms with Crippen molar-refractivity contribution in [1.29, 1.82) is 0 Å². The van der Waals surface area contributed by atoms with Crippen molar-refractivity contribution < 1.29 is 10.2 Å². The summed E-state index contributed by atoms with van der Waals surface area (Å²) in [6.45, 7) is -0.0537. The normalized spacial score (nSPS) is 22.0. The summed E-state index contributed by atoms with van der Waals surface area (Å²) in [6, 6.07) is -0.0284. The van der Waals surface area contributed by atoms with Crippen molar-refractivity contribution in [2.45, 2.75) is 18.9 Å². The van der Waals surface area contributed by atoms with Crippen LogP contribution in [0.3, 0.4) is 0 Å². The average molecular weight is 157 g/mol. The minimum Gasteiger partial charge on any atom is -0.396 e. The maximum absolute atomic E-state index is 8.83. The van der Waals surface area contributed by atoms with Crippen molar-refractivity contribution in [2.75, 3.05) is 13.2 Å². The van der Waals surface area contributed by atoms with Crippen molar-refractivity contribution in [3.05, 3.63) is 10.4 Å². The minimum atomic E-state index is -0.376. The maximum atomic E-state index is 8.83. The maximum Gasteiger partial charge on any atom is 0.0509 e. The van der Waals surface area contributed by atoms with Gasteiger partial charge in [0.05, 0.1) is 13.2 Å². The van der Waals surface area contributed by atoms with Crippen LogP contribution in [0.15, 0.2) is 5.11 Å². The Labute approximate surface area is 64.3 Å². The molecule has 0 aromatic carbocycles. The molecule has 5 heteroatoms. The summed E-state index contributed by atoms with van der Waals surface area (Å²) in [5.41, 5.74) is 7.67. The standard InChI is InChI=1S/C6H11N3O2/c7-9-8-5-1-6(2-5,3-10)4-11/h5,10-11H,1-4H2. The van der Waals surface area contributed by atoms with Gasteiger partial charge in [-0.2, -0.15) is 0 Å². The molecule has 0 atom stereocenters. The number of aliphatic hydroxyl groups is 2. The quantitative estimate of drug-likeness (QED) is 0.353. The third-order valence-electron chi connectivity index (χ3n) is 2.22. The second kappa shape index (κ2) is 3.09. The summed E-state index contributed by atoms with van der Waals surface area (Å²) < 4.78 is 0. The Morgan fingerprint density at radius 2 is 2.00 bits per heavy atom. The van der Waals surface area contributed by atoms with Gasteiger partial charge in [0, 0.05) is 16.4 Å². The van der Waals surface area contributed by atoms with Gasteiger partial charge >= 0.3 is 0 Å². The van der Waals surface area contributed by atoms with Crippen LogP contribution in [-0.2, 0) is 0 Å². The van der Waals surface area contributed by atoms with Crippen LogP contribution < -0.4 is 0 Å². The van der Waals surface area contributed by atoms with E-state index in [2.05, 4.69) is 10.0 Å². The van der Waals surface area contributed by atoms with Gasteiger partial charge in [-0.15, -0.1) is 0 Å². The number of rotatable bonds is 3. The number of azide groups is 1. The molecule has 2 N–H and O–H groups in total. The van der Waals surface area contributed by atoms with Gasteiger partial charge in [-0.05, 0) is 18.4 Å². The molecule has 1 fully saturated rings. The van der Waals surface area contributed by atoms with Crippen molar-refractivity contribution in [3.8, 4) is 0 Å². The van der Waals surface area contributed by atoms with Crippen molar-refractivity contribution in [1.82, 2.24) is 0 Å². The zero-order valence-corrected chi connectivity index (χ0v) is 6.14. The Morgan fingerprint density at radius 3 is 2.36 bits per heavy atom. The zero-order chi connectivity index (χ0) is 8.32. The number of hydrogen-bond acceptors (Lipinski definition) is 3. The highest BCUT2D eigenvalue weighted by atomic mass is 16.3. The second-order valence-electron chi connectivity index (χ2n) is 3.08. The molecule has 0 amide bonds. The van der Waals surface area contributed by atoms with Crippen LogP contribution in [0.1, 0.15) is 12.8 Å². The van der Waals surface area contributed by atoms with Gasteiger partial charge in [-0.25, -0.2) is 0 Å². The number of aliphatic hydroxyl groups excluding tert-OH is 2. The molecule has 1 rings (SSSR count). The molecule has 0 aliphatic heterocycles. The molecule has 0 unspecified atom stereocenters.